The van der Waals surface area contributed by atoms with Gasteiger partial charge in [-0.2, -0.15) is 4.31 Å². The van der Waals surface area contributed by atoms with Crippen molar-refractivity contribution in [1.82, 2.24) is 9.21 Å². The molecule has 0 saturated carbocycles. The van der Waals surface area contributed by atoms with Crippen LogP contribution in [-0.4, -0.2) is 74.2 Å². The van der Waals surface area contributed by atoms with Crippen LogP contribution in [0.5, 0.6) is 0 Å². The van der Waals surface area contributed by atoms with E-state index in [0.29, 0.717) is 12.1 Å². The van der Waals surface area contributed by atoms with Crippen molar-refractivity contribution in [1.29, 1.82) is 0 Å². The zero-order valence-electron chi connectivity index (χ0n) is 15.9. The van der Waals surface area contributed by atoms with E-state index in [0.717, 1.165) is 10.6 Å². The summed E-state index contributed by atoms with van der Waals surface area (Å²) in [7, 11) is -3.74. The topological polar surface area (TPSA) is 87.2 Å². The van der Waals surface area contributed by atoms with E-state index >= 15 is 0 Å². The lowest BCUT2D eigenvalue weighted by Crippen LogP contribution is -2.50. The van der Waals surface area contributed by atoms with Crippen LogP contribution in [-0.2, 0) is 26.0 Å². The molecule has 0 aliphatic carbocycles. The van der Waals surface area contributed by atoms with Crippen LogP contribution < -0.4 is 4.90 Å². The largest absolute Gasteiger partial charge is 0.450 e. The molecule has 3 aliphatic heterocycles. The van der Waals surface area contributed by atoms with Gasteiger partial charge in [-0.15, -0.1) is 11.8 Å². The fourth-order valence-corrected chi connectivity index (χ4v) is 6.73. The average molecular weight is 426 g/mol. The molecular formula is C18H23N3O5S2. The Labute approximate surface area is 168 Å². The number of hydrogen-bond donors (Lipinski definition) is 0. The Bertz CT molecular complexity index is 925. The van der Waals surface area contributed by atoms with Gasteiger partial charge in [-0.1, -0.05) is 6.92 Å². The molecule has 0 N–H and O–H groups in total. The molecule has 10 heteroatoms. The molecule has 1 fully saturated rings. The standard InChI is InChI=1S/C18H23N3O5S2/c1-3-26-18(23)19-6-8-20(9-7-19)28(24,25)15-5-4-14-17-13(15)10-16(22)21(17)11-12(2)27-14/h4-5,12H,3,6-11H2,1-2H3. The van der Waals surface area contributed by atoms with Gasteiger partial charge in [0.25, 0.3) is 0 Å². The maximum absolute atomic E-state index is 13.3. The minimum Gasteiger partial charge on any atom is -0.450 e. The highest BCUT2D eigenvalue weighted by Gasteiger charge is 2.40. The van der Waals surface area contributed by atoms with Crippen molar-refractivity contribution in [3.05, 3.63) is 17.7 Å². The summed E-state index contributed by atoms with van der Waals surface area (Å²) < 4.78 is 33.0. The van der Waals surface area contributed by atoms with E-state index in [4.69, 9.17) is 4.74 Å². The van der Waals surface area contributed by atoms with Crippen LogP contribution in [0, 0.1) is 0 Å². The number of carbonyl (C=O) groups is 2. The number of piperazine rings is 1. The Morgan fingerprint density at radius 3 is 2.64 bits per heavy atom. The van der Waals surface area contributed by atoms with Crippen molar-refractivity contribution in [3.8, 4) is 0 Å². The highest BCUT2D eigenvalue weighted by atomic mass is 32.2. The molecule has 28 heavy (non-hydrogen) atoms. The summed E-state index contributed by atoms with van der Waals surface area (Å²) in [6, 6.07) is 3.44. The van der Waals surface area contributed by atoms with Crippen LogP contribution in [0.2, 0.25) is 0 Å². The second kappa shape index (κ2) is 7.23. The van der Waals surface area contributed by atoms with Gasteiger partial charge in [0.15, 0.2) is 0 Å². The van der Waals surface area contributed by atoms with Gasteiger partial charge >= 0.3 is 6.09 Å². The summed E-state index contributed by atoms with van der Waals surface area (Å²) in [5.41, 5.74) is 1.37. The molecule has 1 atom stereocenters. The molecule has 3 heterocycles. The fraction of sp³-hybridized carbons (Fsp3) is 0.556. The second-order valence-corrected chi connectivity index (χ2v) is 10.5. The number of thioether (sulfide) groups is 1. The Kier molecular flexibility index (Phi) is 5.05. The summed E-state index contributed by atoms with van der Waals surface area (Å²) in [6.45, 7) is 5.69. The predicted octanol–water partition coefficient (Wildman–Crippen LogP) is 1.53. The molecule has 2 amide bonds. The van der Waals surface area contributed by atoms with Gasteiger partial charge in [0.05, 0.1) is 23.6 Å². The number of ether oxygens (including phenoxy) is 1. The lowest BCUT2D eigenvalue weighted by Gasteiger charge is -2.34. The van der Waals surface area contributed by atoms with Gasteiger partial charge in [-0.3, -0.25) is 4.79 Å². The molecule has 0 aromatic heterocycles. The zero-order valence-corrected chi connectivity index (χ0v) is 17.5. The minimum absolute atomic E-state index is 0.0434. The third kappa shape index (κ3) is 3.17. The van der Waals surface area contributed by atoms with Crippen LogP contribution in [0.25, 0.3) is 0 Å². The van der Waals surface area contributed by atoms with Crippen molar-refractivity contribution in [2.24, 2.45) is 0 Å². The second-order valence-electron chi connectivity index (χ2n) is 7.09. The van der Waals surface area contributed by atoms with E-state index < -0.39 is 16.1 Å². The third-order valence-electron chi connectivity index (χ3n) is 5.25. The van der Waals surface area contributed by atoms with Gasteiger partial charge in [0.1, 0.15) is 0 Å². The SMILES string of the molecule is CCOC(=O)N1CCN(S(=O)(=O)c2ccc3c4c2CC(=O)N4CC(C)S3)CC1. The summed E-state index contributed by atoms with van der Waals surface area (Å²) in [4.78, 5) is 28.7. The number of anilines is 1. The number of carbonyl (C=O) groups excluding carboxylic acids is 2. The Balaban J connectivity index is 1.61. The van der Waals surface area contributed by atoms with Crippen molar-refractivity contribution in [2.45, 2.75) is 35.3 Å². The fourth-order valence-electron chi connectivity index (χ4n) is 3.94. The minimum atomic E-state index is -3.74. The van der Waals surface area contributed by atoms with E-state index in [1.165, 1.54) is 9.21 Å². The molecule has 1 saturated heterocycles. The van der Waals surface area contributed by atoms with Crippen LogP contribution in [0.4, 0.5) is 10.5 Å². The maximum Gasteiger partial charge on any atom is 0.409 e. The third-order valence-corrected chi connectivity index (χ3v) is 8.37. The number of rotatable bonds is 3. The normalized spacial score (nSPS) is 22.4. The first-order valence-electron chi connectivity index (χ1n) is 9.37. The summed E-state index contributed by atoms with van der Waals surface area (Å²) in [6.07, 6.45) is -0.298. The highest BCUT2D eigenvalue weighted by Crippen LogP contribution is 2.46. The molecule has 0 bridgehead atoms. The molecule has 8 nitrogen and oxygen atoms in total. The predicted molar refractivity (Wildman–Crippen MR) is 105 cm³/mol. The number of sulfonamides is 1. The van der Waals surface area contributed by atoms with Gasteiger partial charge in [0.2, 0.25) is 15.9 Å². The van der Waals surface area contributed by atoms with Crippen LogP contribution in [0.1, 0.15) is 19.4 Å². The first-order chi connectivity index (χ1) is 13.3. The quantitative estimate of drug-likeness (QED) is 0.730. The van der Waals surface area contributed by atoms with E-state index in [9.17, 15) is 18.0 Å². The van der Waals surface area contributed by atoms with E-state index in [-0.39, 0.29) is 55.3 Å². The van der Waals surface area contributed by atoms with E-state index in [1.807, 2.05) is 6.07 Å². The van der Waals surface area contributed by atoms with Crippen LogP contribution >= 0.6 is 11.8 Å². The summed E-state index contributed by atoms with van der Waals surface area (Å²) in [5, 5.41) is 0.279. The molecule has 4 rings (SSSR count). The Hall–Kier alpha value is -1.78. The summed E-state index contributed by atoms with van der Waals surface area (Å²) >= 11 is 1.67. The Morgan fingerprint density at radius 1 is 1.25 bits per heavy atom. The molecule has 1 aromatic carbocycles. The maximum atomic E-state index is 13.3. The van der Waals surface area contributed by atoms with Crippen molar-refractivity contribution in [2.75, 3.05) is 44.2 Å². The molecule has 0 radical (unpaired) electrons. The molecule has 1 unspecified atom stereocenters. The van der Waals surface area contributed by atoms with Crippen LogP contribution in [0.15, 0.2) is 21.9 Å². The zero-order chi connectivity index (χ0) is 20.1. The van der Waals surface area contributed by atoms with E-state index in [2.05, 4.69) is 6.92 Å². The number of hydrogen-bond acceptors (Lipinski definition) is 6. The van der Waals surface area contributed by atoms with Gasteiger partial charge < -0.3 is 14.5 Å². The number of amides is 2. The first kappa shape index (κ1) is 19.5. The van der Waals surface area contributed by atoms with Crippen molar-refractivity contribution < 1.29 is 22.7 Å². The van der Waals surface area contributed by atoms with Crippen molar-refractivity contribution >= 4 is 39.5 Å². The highest BCUT2D eigenvalue weighted by molar-refractivity contribution is 8.00. The van der Waals surface area contributed by atoms with E-state index in [1.54, 1.807) is 29.7 Å². The first-order valence-corrected chi connectivity index (χ1v) is 11.7. The lowest BCUT2D eigenvalue weighted by molar-refractivity contribution is -0.117. The Morgan fingerprint density at radius 2 is 1.96 bits per heavy atom. The molecule has 1 aromatic rings. The lowest BCUT2D eigenvalue weighted by atomic mass is 10.1. The summed E-state index contributed by atoms with van der Waals surface area (Å²) in [5.74, 6) is -0.0434. The average Bonchev–Trinajstić information content (AvgIpc) is 2.99. The van der Waals surface area contributed by atoms with Crippen molar-refractivity contribution in [3.63, 3.8) is 0 Å². The van der Waals surface area contributed by atoms with Crippen LogP contribution in [0.3, 0.4) is 0 Å². The van der Waals surface area contributed by atoms with Gasteiger partial charge in [0, 0.05) is 48.4 Å². The smallest absolute Gasteiger partial charge is 0.409 e. The van der Waals surface area contributed by atoms with Gasteiger partial charge in [-0.05, 0) is 19.1 Å². The molecule has 3 aliphatic rings. The number of benzene rings is 1. The molecular weight excluding hydrogens is 402 g/mol. The monoisotopic (exact) mass is 425 g/mol. The molecule has 0 spiro atoms. The van der Waals surface area contributed by atoms with Gasteiger partial charge in [-0.25, -0.2) is 13.2 Å². The number of nitrogens with zero attached hydrogens (tertiary/aromatic N) is 3. The molecule has 152 valence electrons.